The number of ether oxygens (including phenoxy) is 1. The number of likely N-dealkylation sites (tertiary alicyclic amines) is 1. The number of piperidine rings is 2. The molecule has 3 fully saturated rings. The molecule has 8 nitrogen and oxygen atoms in total. The molecule has 9 heteroatoms. The summed E-state index contributed by atoms with van der Waals surface area (Å²) in [6.45, 7) is 7.44. The number of hydrogen-bond acceptors (Lipinski definition) is 5. The standard InChI is InChI=1S/C17H32N4O4S/c1-13(2)26(23,24)21-8-4-14(5-9-21)18-17(22)20-7-6-16-15(12-20)19(3)10-11-25-16/h13-16H,4-12H2,1-3H3,(H,18,22). The largest absolute Gasteiger partial charge is 0.375 e. The number of amides is 2. The van der Waals surface area contributed by atoms with E-state index in [-0.39, 0.29) is 24.2 Å². The molecule has 3 saturated heterocycles. The van der Waals surface area contributed by atoms with Gasteiger partial charge >= 0.3 is 6.03 Å². The van der Waals surface area contributed by atoms with Crippen LogP contribution in [0.2, 0.25) is 0 Å². The number of fused-ring (bicyclic) bond motifs is 1. The molecule has 3 aliphatic heterocycles. The SMILES string of the molecule is CC(C)S(=O)(=O)N1CCC(NC(=O)N2CCC3OCCN(C)C3C2)CC1. The van der Waals surface area contributed by atoms with E-state index in [1.54, 1.807) is 18.2 Å². The fourth-order valence-corrected chi connectivity index (χ4v) is 5.36. The van der Waals surface area contributed by atoms with E-state index in [0.717, 1.165) is 19.6 Å². The minimum Gasteiger partial charge on any atom is -0.375 e. The Balaban J connectivity index is 1.49. The van der Waals surface area contributed by atoms with E-state index in [1.807, 2.05) is 4.90 Å². The predicted molar refractivity (Wildman–Crippen MR) is 99.5 cm³/mol. The summed E-state index contributed by atoms with van der Waals surface area (Å²) in [5.41, 5.74) is 0. The number of morpholine rings is 1. The zero-order valence-electron chi connectivity index (χ0n) is 16.1. The highest BCUT2D eigenvalue weighted by molar-refractivity contribution is 7.89. The quantitative estimate of drug-likeness (QED) is 0.752. The number of nitrogens with one attached hydrogen (secondary N) is 1. The number of rotatable bonds is 3. The van der Waals surface area contributed by atoms with E-state index in [4.69, 9.17) is 4.74 Å². The molecule has 3 heterocycles. The second-order valence-electron chi connectivity index (χ2n) is 7.91. The average molecular weight is 389 g/mol. The number of nitrogens with zero attached hydrogens (tertiary/aromatic N) is 3. The summed E-state index contributed by atoms with van der Waals surface area (Å²) < 4.78 is 31.9. The van der Waals surface area contributed by atoms with Crippen LogP contribution in [0.15, 0.2) is 0 Å². The van der Waals surface area contributed by atoms with Gasteiger partial charge in [0, 0.05) is 38.8 Å². The molecule has 0 aromatic carbocycles. The number of urea groups is 1. The van der Waals surface area contributed by atoms with Gasteiger partial charge in [-0.1, -0.05) is 0 Å². The fraction of sp³-hybridized carbons (Fsp3) is 0.941. The first-order valence-electron chi connectivity index (χ1n) is 9.65. The van der Waals surface area contributed by atoms with Crippen LogP contribution in [-0.2, 0) is 14.8 Å². The first-order valence-corrected chi connectivity index (χ1v) is 11.2. The average Bonchev–Trinajstić information content (AvgIpc) is 2.62. The molecule has 2 amide bonds. The van der Waals surface area contributed by atoms with E-state index < -0.39 is 15.3 Å². The number of likely N-dealkylation sites (N-methyl/N-ethyl adjacent to an activating group) is 1. The van der Waals surface area contributed by atoms with Crippen LogP contribution in [0.25, 0.3) is 0 Å². The lowest BCUT2D eigenvalue weighted by Gasteiger charge is -2.46. The highest BCUT2D eigenvalue weighted by atomic mass is 32.2. The van der Waals surface area contributed by atoms with Crippen molar-refractivity contribution in [2.24, 2.45) is 0 Å². The molecule has 0 spiro atoms. The Labute approximate surface area is 156 Å². The van der Waals surface area contributed by atoms with Gasteiger partial charge in [-0.05, 0) is 40.2 Å². The van der Waals surface area contributed by atoms with E-state index in [9.17, 15) is 13.2 Å². The Morgan fingerprint density at radius 2 is 1.81 bits per heavy atom. The summed E-state index contributed by atoms with van der Waals surface area (Å²) >= 11 is 0. The lowest BCUT2D eigenvalue weighted by atomic mass is 9.99. The van der Waals surface area contributed by atoms with Crippen molar-refractivity contribution in [2.45, 2.75) is 56.5 Å². The third kappa shape index (κ3) is 4.16. The molecule has 3 rings (SSSR count). The molecule has 0 saturated carbocycles. The Kier molecular flexibility index (Phi) is 6.11. The van der Waals surface area contributed by atoms with Crippen LogP contribution in [0.5, 0.6) is 0 Å². The maximum Gasteiger partial charge on any atom is 0.317 e. The van der Waals surface area contributed by atoms with Gasteiger partial charge in [0.25, 0.3) is 0 Å². The van der Waals surface area contributed by atoms with Crippen molar-refractivity contribution in [3.63, 3.8) is 0 Å². The normalized spacial score (nSPS) is 29.6. The van der Waals surface area contributed by atoms with E-state index in [0.29, 0.717) is 39.0 Å². The molecular weight excluding hydrogens is 356 g/mol. The Morgan fingerprint density at radius 3 is 2.46 bits per heavy atom. The number of sulfonamides is 1. The summed E-state index contributed by atoms with van der Waals surface area (Å²) in [5.74, 6) is 0. The molecule has 0 aromatic heterocycles. The van der Waals surface area contributed by atoms with Crippen LogP contribution in [0.3, 0.4) is 0 Å². The second kappa shape index (κ2) is 8.00. The highest BCUT2D eigenvalue weighted by Crippen LogP contribution is 2.22. The van der Waals surface area contributed by atoms with Gasteiger partial charge in [-0.15, -0.1) is 0 Å². The number of carbonyl (C=O) groups is 1. The van der Waals surface area contributed by atoms with Crippen LogP contribution in [0, 0.1) is 0 Å². The van der Waals surface area contributed by atoms with Crippen LogP contribution < -0.4 is 5.32 Å². The Bertz CT molecular complexity index is 604. The van der Waals surface area contributed by atoms with Gasteiger partial charge in [0.1, 0.15) is 0 Å². The molecule has 0 radical (unpaired) electrons. The molecule has 2 unspecified atom stereocenters. The van der Waals surface area contributed by atoms with Crippen molar-refractivity contribution in [3.8, 4) is 0 Å². The van der Waals surface area contributed by atoms with Crippen LogP contribution >= 0.6 is 0 Å². The van der Waals surface area contributed by atoms with Crippen molar-refractivity contribution in [2.75, 3.05) is 46.4 Å². The minimum absolute atomic E-state index is 0.0346. The minimum atomic E-state index is -3.20. The van der Waals surface area contributed by atoms with Gasteiger partial charge < -0.3 is 15.0 Å². The first-order chi connectivity index (χ1) is 12.3. The van der Waals surface area contributed by atoms with Crippen molar-refractivity contribution in [1.82, 2.24) is 19.4 Å². The van der Waals surface area contributed by atoms with Crippen molar-refractivity contribution < 1.29 is 17.9 Å². The molecule has 150 valence electrons. The zero-order valence-corrected chi connectivity index (χ0v) is 16.9. The zero-order chi connectivity index (χ0) is 18.9. The number of hydrogen-bond donors (Lipinski definition) is 1. The lowest BCUT2D eigenvalue weighted by molar-refractivity contribution is -0.0882. The summed E-state index contributed by atoms with van der Waals surface area (Å²) in [5, 5.41) is 2.71. The van der Waals surface area contributed by atoms with E-state index in [2.05, 4.69) is 17.3 Å². The number of carbonyl (C=O) groups excluding carboxylic acids is 1. The monoisotopic (exact) mass is 388 g/mol. The molecule has 26 heavy (non-hydrogen) atoms. The molecule has 0 aliphatic carbocycles. The molecule has 1 N–H and O–H groups in total. The van der Waals surface area contributed by atoms with Gasteiger partial charge in [-0.3, -0.25) is 4.90 Å². The summed E-state index contributed by atoms with van der Waals surface area (Å²) in [4.78, 5) is 16.8. The summed E-state index contributed by atoms with van der Waals surface area (Å²) in [7, 11) is -1.11. The second-order valence-corrected chi connectivity index (χ2v) is 10.4. The Morgan fingerprint density at radius 1 is 1.12 bits per heavy atom. The maximum atomic E-state index is 12.7. The van der Waals surface area contributed by atoms with Gasteiger partial charge in [-0.2, -0.15) is 0 Å². The fourth-order valence-electron chi connectivity index (χ4n) is 4.04. The van der Waals surface area contributed by atoms with Gasteiger partial charge in [-0.25, -0.2) is 17.5 Å². The Hall–Kier alpha value is -0.900. The third-order valence-corrected chi connectivity index (χ3v) is 8.16. The topological polar surface area (TPSA) is 82.2 Å². The third-order valence-electron chi connectivity index (χ3n) is 5.89. The maximum absolute atomic E-state index is 12.7. The highest BCUT2D eigenvalue weighted by Gasteiger charge is 2.37. The van der Waals surface area contributed by atoms with Crippen LogP contribution in [0.4, 0.5) is 4.79 Å². The van der Waals surface area contributed by atoms with Crippen LogP contribution in [-0.4, -0.2) is 98.4 Å². The van der Waals surface area contributed by atoms with Gasteiger partial charge in [0.2, 0.25) is 10.0 Å². The summed E-state index contributed by atoms with van der Waals surface area (Å²) in [6, 6.07) is 0.271. The predicted octanol–water partition coefficient (Wildman–Crippen LogP) is 0.304. The van der Waals surface area contributed by atoms with Crippen LogP contribution in [0.1, 0.15) is 33.1 Å². The van der Waals surface area contributed by atoms with Gasteiger partial charge in [0.15, 0.2) is 0 Å². The lowest BCUT2D eigenvalue weighted by Crippen LogP contribution is -2.61. The molecule has 3 aliphatic rings. The van der Waals surface area contributed by atoms with Crippen molar-refractivity contribution >= 4 is 16.1 Å². The molecular formula is C17H32N4O4S. The van der Waals surface area contributed by atoms with E-state index >= 15 is 0 Å². The summed E-state index contributed by atoms with van der Waals surface area (Å²) in [6.07, 6.45) is 2.43. The molecule has 2 atom stereocenters. The van der Waals surface area contributed by atoms with Gasteiger partial charge in [0.05, 0.1) is 24.0 Å². The van der Waals surface area contributed by atoms with Crippen molar-refractivity contribution in [3.05, 3.63) is 0 Å². The first kappa shape index (κ1) is 19.9. The van der Waals surface area contributed by atoms with Crippen molar-refractivity contribution in [1.29, 1.82) is 0 Å². The molecule has 0 aromatic rings. The molecule has 0 bridgehead atoms. The van der Waals surface area contributed by atoms with E-state index in [1.165, 1.54) is 0 Å². The smallest absolute Gasteiger partial charge is 0.317 e.